The maximum Gasteiger partial charge on any atom is 0.251 e. The predicted molar refractivity (Wildman–Crippen MR) is 89.5 cm³/mol. The Morgan fingerprint density at radius 1 is 1.10 bits per heavy atom. The fourth-order valence-corrected chi connectivity index (χ4v) is 2.27. The van der Waals surface area contributed by atoms with Gasteiger partial charge in [-0.25, -0.2) is 0 Å². The third-order valence-electron chi connectivity index (χ3n) is 3.08. The minimum absolute atomic E-state index is 0.0479. The van der Waals surface area contributed by atoms with Crippen LogP contribution in [0, 0.1) is 3.57 Å². The molecule has 104 valence electrons. The third kappa shape index (κ3) is 4.31. The first-order valence-electron chi connectivity index (χ1n) is 6.51. The monoisotopic (exact) mass is 380 g/mol. The minimum atomic E-state index is -0.0540. The summed E-state index contributed by atoms with van der Waals surface area (Å²) in [6, 6.07) is 17.4. The second-order valence-corrected chi connectivity index (χ2v) is 5.81. The maximum atomic E-state index is 11.9. The zero-order chi connectivity index (χ0) is 14.4. The number of nitrogens with two attached hydrogens (primary N) is 1. The first-order valence-corrected chi connectivity index (χ1v) is 7.59. The summed E-state index contributed by atoms with van der Waals surface area (Å²) in [6.07, 6.45) is 0.722. The number of rotatable bonds is 5. The van der Waals surface area contributed by atoms with Crippen LogP contribution in [-0.2, 0) is 0 Å². The van der Waals surface area contributed by atoms with E-state index in [0.717, 1.165) is 15.6 Å². The Labute approximate surface area is 132 Å². The average Bonchev–Trinajstić information content (AvgIpc) is 2.48. The van der Waals surface area contributed by atoms with Gasteiger partial charge in [-0.3, -0.25) is 4.79 Å². The molecule has 1 atom stereocenters. The average molecular weight is 380 g/mol. The van der Waals surface area contributed by atoms with Crippen LogP contribution in [0.1, 0.15) is 28.4 Å². The van der Waals surface area contributed by atoms with E-state index in [-0.39, 0.29) is 11.9 Å². The number of amides is 1. The van der Waals surface area contributed by atoms with E-state index in [1.807, 2.05) is 54.6 Å². The number of nitrogens with one attached hydrogen (secondary N) is 1. The second-order valence-electron chi connectivity index (χ2n) is 4.57. The second kappa shape index (κ2) is 7.40. The van der Waals surface area contributed by atoms with Crippen molar-refractivity contribution in [3.63, 3.8) is 0 Å². The molecule has 1 amide bonds. The highest BCUT2D eigenvalue weighted by Gasteiger charge is 2.07. The van der Waals surface area contributed by atoms with Gasteiger partial charge >= 0.3 is 0 Å². The lowest BCUT2D eigenvalue weighted by Gasteiger charge is -2.12. The number of hydrogen-bond donors (Lipinski definition) is 2. The third-order valence-corrected chi connectivity index (χ3v) is 3.79. The molecule has 3 N–H and O–H groups in total. The van der Waals surface area contributed by atoms with Gasteiger partial charge in [-0.05, 0) is 58.8 Å². The van der Waals surface area contributed by atoms with Gasteiger partial charge in [-0.15, -0.1) is 0 Å². The van der Waals surface area contributed by atoms with Crippen molar-refractivity contribution in [2.45, 2.75) is 12.5 Å². The summed E-state index contributed by atoms with van der Waals surface area (Å²) in [5.41, 5.74) is 7.86. The molecule has 2 aromatic rings. The summed E-state index contributed by atoms with van der Waals surface area (Å²) in [4.78, 5) is 11.9. The summed E-state index contributed by atoms with van der Waals surface area (Å²) < 4.78 is 1.12. The van der Waals surface area contributed by atoms with Crippen LogP contribution in [-0.4, -0.2) is 12.5 Å². The van der Waals surface area contributed by atoms with Gasteiger partial charge in [0.25, 0.3) is 5.91 Å². The molecular weight excluding hydrogens is 363 g/mol. The summed E-state index contributed by atoms with van der Waals surface area (Å²) in [5, 5.41) is 2.90. The molecule has 0 aliphatic rings. The molecule has 0 aromatic heterocycles. The quantitative estimate of drug-likeness (QED) is 0.784. The molecule has 0 spiro atoms. The molecule has 1 unspecified atom stereocenters. The van der Waals surface area contributed by atoms with Crippen LogP contribution >= 0.6 is 22.6 Å². The van der Waals surface area contributed by atoms with Gasteiger partial charge in [0, 0.05) is 21.7 Å². The summed E-state index contributed by atoms with van der Waals surface area (Å²) in [5.74, 6) is -0.0540. The van der Waals surface area contributed by atoms with Gasteiger partial charge in [-0.2, -0.15) is 0 Å². The molecule has 0 saturated heterocycles. The normalized spacial score (nSPS) is 11.9. The lowest BCUT2D eigenvalue weighted by Crippen LogP contribution is -2.27. The van der Waals surface area contributed by atoms with Crippen molar-refractivity contribution in [3.05, 3.63) is 69.3 Å². The molecule has 2 rings (SSSR count). The van der Waals surface area contributed by atoms with Crippen molar-refractivity contribution in [3.8, 4) is 0 Å². The van der Waals surface area contributed by atoms with E-state index in [4.69, 9.17) is 5.73 Å². The standard InChI is InChI=1S/C16H17IN2O/c17-14-8-6-13(7-9-14)16(20)19-11-10-15(18)12-4-2-1-3-5-12/h1-9,15H,10-11,18H2,(H,19,20). The molecule has 4 heteroatoms. The Hall–Kier alpha value is -1.40. The first-order chi connectivity index (χ1) is 9.66. The van der Waals surface area contributed by atoms with Gasteiger partial charge in [0.1, 0.15) is 0 Å². The highest BCUT2D eigenvalue weighted by molar-refractivity contribution is 14.1. The Balaban J connectivity index is 1.81. The van der Waals surface area contributed by atoms with E-state index in [1.165, 1.54) is 0 Å². The highest BCUT2D eigenvalue weighted by atomic mass is 127. The van der Waals surface area contributed by atoms with E-state index in [9.17, 15) is 4.79 Å². The number of halogens is 1. The van der Waals surface area contributed by atoms with E-state index in [0.29, 0.717) is 12.1 Å². The molecule has 2 aromatic carbocycles. The fraction of sp³-hybridized carbons (Fsp3) is 0.188. The molecule has 0 fully saturated rings. The van der Waals surface area contributed by atoms with Crippen molar-refractivity contribution in [2.75, 3.05) is 6.54 Å². The van der Waals surface area contributed by atoms with Crippen molar-refractivity contribution in [1.82, 2.24) is 5.32 Å². The van der Waals surface area contributed by atoms with Gasteiger partial charge in [0.15, 0.2) is 0 Å². The molecule has 0 bridgehead atoms. The van der Waals surface area contributed by atoms with Crippen molar-refractivity contribution < 1.29 is 4.79 Å². The minimum Gasteiger partial charge on any atom is -0.352 e. The van der Waals surface area contributed by atoms with E-state index in [2.05, 4.69) is 27.9 Å². The van der Waals surface area contributed by atoms with E-state index in [1.54, 1.807) is 0 Å². The Bertz CT molecular complexity index is 554. The zero-order valence-corrected chi connectivity index (χ0v) is 13.2. The smallest absolute Gasteiger partial charge is 0.251 e. The summed E-state index contributed by atoms with van der Waals surface area (Å²) in [6.45, 7) is 0.570. The number of carbonyl (C=O) groups excluding carboxylic acids is 1. The molecule has 3 nitrogen and oxygen atoms in total. The van der Waals surface area contributed by atoms with Crippen molar-refractivity contribution in [2.24, 2.45) is 5.73 Å². The predicted octanol–water partition coefficient (Wildman–Crippen LogP) is 3.11. The number of carbonyl (C=O) groups is 1. The largest absolute Gasteiger partial charge is 0.352 e. The molecule has 0 heterocycles. The van der Waals surface area contributed by atoms with Gasteiger partial charge in [-0.1, -0.05) is 30.3 Å². The number of benzene rings is 2. The fourth-order valence-electron chi connectivity index (χ4n) is 1.91. The van der Waals surface area contributed by atoms with Crippen LogP contribution in [0.4, 0.5) is 0 Å². The lowest BCUT2D eigenvalue weighted by molar-refractivity contribution is 0.0952. The van der Waals surface area contributed by atoms with Crippen LogP contribution in [0.2, 0.25) is 0 Å². The lowest BCUT2D eigenvalue weighted by atomic mass is 10.1. The maximum absolute atomic E-state index is 11.9. The molecule has 0 aliphatic heterocycles. The first kappa shape index (κ1) is 15.0. The van der Waals surface area contributed by atoms with Gasteiger partial charge < -0.3 is 11.1 Å². The Morgan fingerprint density at radius 2 is 1.75 bits per heavy atom. The molecular formula is C16H17IN2O. The van der Waals surface area contributed by atoms with Crippen molar-refractivity contribution in [1.29, 1.82) is 0 Å². The Kier molecular flexibility index (Phi) is 5.55. The van der Waals surface area contributed by atoms with E-state index >= 15 is 0 Å². The van der Waals surface area contributed by atoms with Crippen LogP contribution in [0.5, 0.6) is 0 Å². The molecule has 0 radical (unpaired) electrons. The summed E-state index contributed by atoms with van der Waals surface area (Å²) >= 11 is 2.22. The SMILES string of the molecule is NC(CCNC(=O)c1ccc(I)cc1)c1ccccc1. The molecule has 0 saturated carbocycles. The summed E-state index contributed by atoms with van der Waals surface area (Å²) in [7, 11) is 0. The van der Waals surface area contributed by atoms with Crippen LogP contribution in [0.3, 0.4) is 0 Å². The van der Waals surface area contributed by atoms with Crippen LogP contribution in [0.15, 0.2) is 54.6 Å². The van der Waals surface area contributed by atoms with Gasteiger partial charge in [0.05, 0.1) is 0 Å². The zero-order valence-electron chi connectivity index (χ0n) is 11.1. The topological polar surface area (TPSA) is 55.1 Å². The van der Waals surface area contributed by atoms with Gasteiger partial charge in [0.2, 0.25) is 0 Å². The van der Waals surface area contributed by atoms with Crippen molar-refractivity contribution >= 4 is 28.5 Å². The van der Waals surface area contributed by atoms with E-state index < -0.39 is 0 Å². The number of hydrogen-bond acceptors (Lipinski definition) is 2. The van der Waals surface area contributed by atoms with Crippen LogP contribution in [0.25, 0.3) is 0 Å². The molecule has 20 heavy (non-hydrogen) atoms. The molecule has 0 aliphatic carbocycles. The van der Waals surface area contributed by atoms with Crippen LogP contribution < -0.4 is 11.1 Å². The highest BCUT2D eigenvalue weighted by Crippen LogP contribution is 2.12. The Morgan fingerprint density at radius 3 is 2.40 bits per heavy atom.